The van der Waals surface area contributed by atoms with Gasteiger partial charge in [-0.3, -0.25) is 9.98 Å². The Morgan fingerprint density at radius 2 is 2.12 bits per heavy atom. The number of furan rings is 1. The van der Waals surface area contributed by atoms with Gasteiger partial charge in [0.2, 0.25) is 0 Å². The van der Waals surface area contributed by atoms with Crippen LogP contribution in [0.25, 0.3) is 11.0 Å². The van der Waals surface area contributed by atoms with E-state index in [0.717, 1.165) is 0 Å². The van der Waals surface area contributed by atoms with E-state index >= 15 is 0 Å². The normalized spacial score (nSPS) is 13.7. The third-order valence-electron chi connectivity index (χ3n) is 3.07. The van der Waals surface area contributed by atoms with Crippen LogP contribution in [-0.2, 0) is 14.9 Å². The van der Waals surface area contributed by atoms with Crippen molar-refractivity contribution in [3.8, 4) is 5.75 Å². The van der Waals surface area contributed by atoms with Gasteiger partial charge in [-0.25, -0.2) is 0 Å². The van der Waals surface area contributed by atoms with Crippen molar-refractivity contribution in [2.24, 2.45) is 4.99 Å². The van der Waals surface area contributed by atoms with E-state index in [1.54, 1.807) is 0 Å². The molecular formula is C15H13F3N2O5S. The Bertz CT molecular complexity index is 990. The minimum atomic E-state index is -5.90. The lowest BCUT2D eigenvalue weighted by Gasteiger charge is -2.09. The number of methoxy groups -OCH3 is 1. The van der Waals surface area contributed by atoms with E-state index in [1.165, 1.54) is 44.8 Å². The molecule has 0 aromatic carbocycles. The molecule has 0 spiro atoms. The average Bonchev–Trinajstić information content (AvgIpc) is 2.93. The van der Waals surface area contributed by atoms with Crippen molar-refractivity contribution in [1.82, 2.24) is 4.98 Å². The first kappa shape index (κ1) is 19.5. The summed E-state index contributed by atoms with van der Waals surface area (Å²) in [5.41, 5.74) is -5.52. The van der Waals surface area contributed by atoms with Gasteiger partial charge in [0.1, 0.15) is 5.76 Å². The van der Waals surface area contributed by atoms with Crippen molar-refractivity contribution in [1.29, 1.82) is 0 Å². The van der Waals surface area contributed by atoms with Gasteiger partial charge in [-0.1, -0.05) is 6.58 Å². The molecule has 2 aromatic heterocycles. The zero-order chi connectivity index (χ0) is 19.5. The van der Waals surface area contributed by atoms with Gasteiger partial charge in [0.25, 0.3) is 0 Å². The maximum Gasteiger partial charge on any atom is 0.534 e. The standard InChI is InChI=1S/C15H13F3N2O5S/c1-4-10(23-3)7-20-9(2)13-14(25-26(21,22)15(16,17)18)11-5-6-19-8-12(11)24-13/h4-8H,1H2,2-3H3/b10-7+,20-9?. The van der Waals surface area contributed by atoms with E-state index in [4.69, 9.17) is 9.15 Å². The molecule has 0 aliphatic carbocycles. The molecule has 0 aliphatic heterocycles. The zero-order valence-electron chi connectivity index (χ0n) is 13.6. The van der Waals surface area contributed by atoms with E-state index in [-0.39, 0.29) is 28.2 Å². The molecular weight excluding hydrogens is 377 g/mol. The Kier molecular flexibility index (Phi) is 5.40. The number of allylic oxidation sites excluding steroid dienone is 1. The van der Waals surface area contributed by atoms with E-state index in [0.29, 0.717) is 0 Å². The fourth-order valence-electron chi connectivity index (χ4n) is 1.81. The molecule has 0 bridgehead atoms. The van der Waals surface area contributed by atoms with E-state index in [2.05, 4.69) is 20.7 Å². The van der Waals surface area contributed by atoms with Crippen LogP contribution in [0, 0.1) is 0 Å². The Hall–Kier alpha value is -2.82. The number of ether oxygens (including phenoxy) is 1. The summed E-state index contributed by atoms with van der Waals surface area (Å²) < 4.78 is 75.5. The van der Waals surface area contributed by atoms with Crippen molar-refractivity contribution in [3.63, 3.8) is 0 Å². The number of aliphatic imine (C=N–C) groups is 1. The van der Waals surface area contributed by atoms with Crippen LogP contribution >= 0.6 is 0 Å². The second kappa shape index (κ2) is 7.20. The fourth-order valence-corrected chi connectivity index (χ4v) is 2.29. The Morgan fingerprint density at radius 1 is 1.42 bits per heavy atom. The molecule has 0 aliphatic rings. The molecule has 0 unspecified atom stereocenters. The molecule has 0 fully saturated rings. The van der Waals surface area contributed by atoms with Gasteiger partial charge < -0.3 is 13.3 Å². The van der Waals surface area contributed by atoms with Crippen LogP contribution in [0.5, 0.6) is 5.75 Å². The summed E-state index contributed by atoms with van der Waals surface area (Å²) in [4.78, 5) is 7.74. The maximum absolute atomic E-state index is 12.7. The molecule has 2 rings (SSSR count). The fraction of sp³-hybridized carbons (Fsp3) is 0.200. The van der Waals surface area contributed by atoms with Crippen molar-refractivity contribution in [3.05, 3.63) is 48.8 Å². The summed E-state index contributed by atoms with van der Waals surface area (Å²) in [6.07, 6.45) is 5.04. The van der Waals surface area contributed by atoms with Crippen LogP contribution in [0.3, 0.4) is 0 Å². The molecule has 0 radical (unpaired) electrons. The average molecular weight is 390 g/mol. The van der Waals surface area contributed by atoms with Crippen LogP contribution in [0.4, 0.5) is 13.2 Å². The third kappa shape index (κ3) is 3.87. The molecule has 0 saturated carbocycles. The summed E-state index contributed by atoms with van der Waals surface area (Å²) >= 11 is 0. The summed E-state index contributed by atoms with van der Waals surface area (Å²) in [5, 5.41) is -0.00274. The smallest absolute Gasteiger partial charge is 0.495 e. The number of fused-ring (bicyclic) bond motifs is 1. The highest BCUT2D eigenvalue weighted by molar-refractivity contribution is 7.88. The zero-order valence-corrected chi connectivity index (χ0v) is 14.4. The topological polar surface area (TPSA) is 91.0 Å². The minimum absolute atomic E-state index is 0.00274. The highest BCUT2D eigenvalue weighted by Crippen LogP contribution is 2.37. The predicted molar refractivity (Wildman–Crippen MR) is 87.1 cm³/mol. The molecule has 2 aromatic rings. The van der Waals surface area contributed by atoms with Gasteiger partial charge in [-0.2, -0.15) is 21.6 Å². The Labute approximate surface area is 146 Å². The molecule has 2 heterocycles. The van der Waals surface area contributed by atoms with Gasteiger partial charge >= 0.3 is 15.6 Å². The lowest BCUT2D eigenvalue weighted by molar-refractivity contribution is -0.0499. The monoisotopic (exact) mass is 390 g/mol. The summed E-state index contributed by atoms with van der Waals surface area (Å²) in [7, 11) is -4.53. The van der Waals surface area contributed by atoms with Gasteiger partial charge in [0.05, 0.1) is 30.6 Å². The first-order valence-electron chi connectivity index (χ1n) is 6.89. The van der Waals surface area contributed by atoms with Crippen LogP contribution in [0.15, 0.2) is 52.5 Å². The minimum Gasteiger partial charge on any atom is -0.495 e. The molecule has 11 heteroatoms. The molecule has 0 amide bonds. The first-order valence-corrected chi connectivity index (χ1v) is 8.30. The molecule has 26 heavy (non-hydrogen) atoms. The highest BCUT2D eigenvalue weighted by atomic mass is 32.2. The van der Waals surface area contributed by atoms with E-state index in [1.807, 2.05) is 0 Å². The lowest BCUT2D eigenvalue weighted by Crippen LogP contribution is -2.28. The summed E-state index contributed by atoms with van der Waals surface area (Å²) in [6, 6.07) is 1.26. The predicted octanol–water partition coefficient (Wildman–Crippen LogP) is 3.54. The number of pyridine rings is 1. The number of halogens is 3. The summed E-state index contributed by atoms with van der Waals surface area (Å²) in [6.45, 7) is 4.88. The van der Waals surface area contributed by atoms with Crippen LogP contribution in [-0.4, -0.2) is 31.7 Å². The third-order valence-corrected chi connectivity index (χ3v) is 4.03. The highest BCUT2D eigenvalue weighted by Gasteiger charge is 2.49. The van der Waals surface area contributed by atoms with Gasteiger partial charge in [-0.15, -0.1) is 0 Å². The Balaban J connectivity index is 2.62. The van der Waals surface area contributed by atoms with Crippen molar-refractivity contribution in [2.45, 2.75) is 12.4 Å². The maximum atomic E-state index is 12.7. The van der Waals surface area contributed by atoms with Crippen LogP contribution in [0.2, 0.25) is 0 Å². The van der Waals surface area contributed by atoms with Crippen molar-refractivity contribution >= 4 is 26.8 Å². The number of rotatable bonds is 6. The molecule has 0 atom stereocenters. The second-order valence-corrected chi connectivity index (χ2v) is 6.31. The van der Waals surface area contributed by atoms with Crippen LogP contribution < -0.4 is 4.18 Å². The molecule has 0 N–H and O–H groups in total. The number of nitrogens with zero attached hydrogens (tertiary/aromatic N) is 2. The van der Waals surface area contributed by atoms with E-state index < -0.39 is 21.4 Å². The molecule has 140 valence electrons. The SMILES string of the molecule is C=C/C(=C\N=C(C)c1oc2cnccc2c1OS(=O)(=O)C(F)(F)F)OC. The molecule has 0 saturated heterocycles. The quantitative estimate of drug-likeness (QED) is 0.246. The lowest BCUT2D eigenvalue weighted by atomic mass is 10.2. The number of alkyl halides is 3. The largest absolute Gasteiger partial charge is 0.534 e. The van der Waals surface area contributed by atoms with Gasteiger partial charge in [-0.05, 0) is 19.1 Å². The van der Waals surface area contributed by atoms with Crippen LogP contribution in [0.1, 0.15) is 12.7 Å². The van der Waals surface area contributed by atoms with Crippen molar-refractivity contribution < 1.29 is 34.9 Å². The van der Waals surface area contributed by atoms with E-state index in [9.17, 15) is 21.6 Å². The molecule has 7 nitrogen and oxygen atoms in total. The van der Waals surface area contributed by atoms with Crippen molar-refractivity contribution in [2.75, 3.05) is 7.11 Å². The Morgan fingerprint density at radius 3 is 2.69 bits per heavy atom. The second-order valence-electron chi connectivity index (χ2n) is 4.77. The number of aromatic nitrogens is 1. The van der Waals surface area contributed by atoms with Gasteiger partial charge in [0.15, 0.2) is 17.1 Å². The first-order chi connectivity index (χ1) is 12.1. The number of hydrogen-bond acceptors (Lipinski definition) is 7. The number of hydrogen-bond donors (Lipinski definition) is 0. The summed E-state index contributed by atoms with van der Waals surface area (Å²) in [5.74, 6) is -0.656. The van der Waals surface area contributed by atoms with Gasteiger partial charge in [0, 0.05) is 6.20 Å².